The minimum Gasteiger partial charge on any atom is -0.370 e. The second-order valence-electron chi connectivity index (χ2n) is 5.57. The summed E-state index contributed by atoms with van der Waals surface area (Å²) < 4.78 is 2.16. The Bertz CT molecular complexity index is 728. The highest BCUT2D eigenvalue weighted by Crippen LogP contribution is 2.20. The van der Waals surface area contributed by atoms with E-state index in [0.717, 1.165) is 23.8 Å². The van der Waals surface area contributed by atoms with Crippen LogP contribution in [0.15, 0.2) is 49.1 Å². The van der Waals surface area contributed by atoms with Crippen LogP contribution in [0.4, 0.5) is 5.69 Å². The number of hydrogen-bond donors (Lipinski definition) is 1. The first kappa shape index (κ1) is 14.4. The van der Waals surface area contributed by atoms with E-state index in [2.05, 4.69) is 62.7 Å². The molecule has 3 rings (SSSR count). The fraction of sp³-hybridized carbons (Fsp3) is 0.294. The van der Waals surface area contributed by atoms with E-state index in [-0.39, 0.29) is 0 Å². The van der Waals surface area contributed by atoms with E-state index in [0.29, 0.717) is 6.04 Å². The lowest BCUT2D eigenvalue weighted by Crippen LogP contribution is -2.32. The molecular weight excluding hydrogens is 274 g/mol. The fourth-order valence-electron chi connectivity index (χ4n) is 2.58. The van der Waals surface area contributed by atoms with Crippen molar-refractivity contribution in [2.75, 3.05) is 11.9 Å². The monoisotopic (exact) mass is 295 g/mol. The third-order valence-electron chi connectivity index (χ3n) is 4.04. The van der Waals surface area contributed by atoms with Gasteiger partial charge in [-0.05, 0) is 26.0 Å². The number of para-hydroxylation sites is 1. The van der Waals surface area contributed by atoms with Gasteiger partial charge in [0.05, 0.1) is 6.33 Å². The van der Waals surface area contributed by atoms with Crippen LogP contribution in [0, 0.1) is 6.92 Å². The summed E-state index contributed by atoms with van der Waals surface area (Å²) in [7, 11) is 2.12. The Hall–Kier alpha value is -2.56. The van der Waals surface area contributed by atoms with Crippen molar-refractivity contribution in [2.24, 2.45) is 0 Å². The molecule has 0 saturated heterocycles. The zero-order valence-electron chi connectivity index (χ0n) is 13.2. The molecule has 1 unspecified atom stereocenters. The first-order valence-electron chi connectivity index (χ1n) is 7.46. The highest BCUT2D eigenvalue weighted by Gasteiger charge is 2.15. The van der Waals surface area contributed by atoms with Crippen molar-refractivity contribution in [3.8, 4) is 11.5 Å². The summed E-state index contributed by atoms with van der Waals surface area (Å²) in [5.74, 6) is 0.909. The molecule has 1 N–H and O–H groups in total. The van der Waals surface area contributed by atoms with Gasteiger partial charge in [0.25, 0.3) is 0 Å². The number of hydrogen-bond acceptors (Lipinski definition) is 3. The summed E-state index contributed by atoms with van der Waals surface area (Å²) in [5, 5.41) is 0. The van der Waals surface area contributed by atoms with Gasteiger partial charge in [-0.3, -0.25) is 0 Å². The van der Waals surface area contributed by atoms with Crippen LogP contribution in [-0.2, 0) is 6.54 Å². The van der Waals surface area contributed by atoms with E-state index in [1.165, 1.54) is 5.69 Å². The Kier molecular flexibility index (Phi) is 3.96. The minimum absolute atomic E-state index is 0.342. The lowest BCUT2D eigenvalue weighted by Gasteiger charge is -2.27. The molecule has 1 atom stereocenters. The van der Waals surface area contributed by atoms with Crippen molar-refractivity contribution in [1.29, 1.82) is 0 Å². The number of likely N-dealkylation sites (N-methyl/N-ethyl adjacent to an activating group) is 1. The largest absolute Gasteiger partial charge is 0.370 e. The average molecular weight is 295 g/mol. The highest BCUT2D eigenvalue weighted by atomic mass is 15.2. The summed E-state index contributed by atoms with van der Waals surface area (Å²) in [5.41, 5.74) is 3.17. The predicted molar refractivity (Wildman–Crippen MR) is 88.9 cm³/mol. The van der Waals surface area contributed by atoms with Gasteiger partial charge in [0, 0.05) is 43.4 Å². The molecule has 1 aromatic carbocycles. The first-order chi connectivity index (χ1) is 10.7. The third kappa shape index (κ3) is 2.74. The second-order valence-corrected chi connectivity index (χ2v) is 5.57. The molecule has 0 amide bonds. The zero-order valence-corrected chi connectivity index (χ0v) is 13.2. The van der Waals surface area contributed by atoms with Crippen molar-refractivity contribution in [3.05, 3.63) is 54.7 Å². The van der Waals surface area contributed by atoms with Gasteiger partial charge in [-0.2, -0.15) is 0 Å². The van der Waals surface area contributed by atoms with Gasteiger partial charge in [-0.15, -0.1) is 0 Å². The first-order valence-corrected chi connectivity index (χ1v) is 7.46. The number of imidazole rings is 2. The molecular formula is C17H21N5. The number of aryl methyl sites for hydroxylation is 1. The van der Waals surface area contributed by atoms with E-state index in [9.17, 15) is 0 Å². The number of H-pyrrole nitrogens is 1. The zero-order chi connectivity index (χ0) is 15.5. The highest BCUT2D eigenvalue weighted by molar-refractivity contribution is 5.53. The summed E-state index contributed by atoms with van der Waals surface area (Å²) in [6.07, 6.45) is 5.56. The number of nitrogens with one attached hydrogen (secondary N) is 1. The summed E-state index contributed by atoms with van der Waals surface area (Å²) in [6.45, 7) is 5.09. The van der Waals surface area contributed by atoms with E-state index >= 15 is 0 Å². The lowest BCUT2D eigenvalue weighted by molar-refractivity contribution is 0.567. The van der Waals surface area contributed by atoms with Crippen molar-refractivity contribution in [1.82, 2.24) is 19.5 Å². The molecule has 0 spiro atoms. The van der Waals surface area contributed by atoms with E-state index in [1.807, 2.05) is 25.4 Å². The summed E-state index contributed by atoms with van der Waals surface area (Å²) in [4.78, 5) is 14.2. The number of aromatic amines is 1. The van der Waals surface area contributed by atoms with Crippen molar-refractivity contribution < 1.29 is 0 Å². The standard InChI is InChI=1S/C17H21N5/c1-13(21(3)15-7-5-4-6-8-15)11-22-10-9-18-17(22)16-14(2)19-12-20-16/h4-10,12-13H,11H2,1-3H3,(H,19,20). The maximum absolute atomic E-state index is 4.47. The van der Waals surface area contributed by atoms with Crippen molar-refractivity contribution >= 4 is 5.69 Å². The van der Waals surface area contributed by atoms with Crippen LogP contribution < -0.4 is 4.90 Å². The van der Waals surface area contributed by atoms with Crippen LogP contribution in [0.25, 0.3) is 11.5 Å². The maximum Gasteiger partial charge on any atom is 0.160 e. The molecule has 0 bridgehead atoms. The molecule has 5 nitrogen and oxygen atoms in total. The molecule has 0 aliphatic rings. The quantitative estimate of drug-likeness (QED) is 0.787. The lowest BCUT2D eigenvalue weighted by atomic mass is 10.2. The average Bonchev–Trinajstić information content (AvgIpc) is 3.15. The maximum atomic E-state index is 4.47. The molecule has 22 heavy (non-hydrogen) atoms. The molecule has 5 heteroatoms. The number of rotatable bonds is 5. The molecule has 0 aliphatic carbocycles. The molecule has 114 valence electrons. The van der Waals surface area contributed by atoms with Crippen LogP contribution in [0.5, 0.6) is 0 Å². The topological polar surface area (TPSA) is 49.7 Å². The fourth-order valence-corrected chi connectivity index (χ4v) is 2.58. The van der Waals surface area contributed by atoms with Crippen LogP contribution >= 0.6 is 0 Å². The van der Waals surface area contributed by atoms with E-state index < -0.39 is 0 Å². The van der Waals surface area contributed by atoms with Crippen LogP contribution in [0.1, 0.15) is 12.6 Å². The molecule has 2 heterocycles. The Morgan fingerprint density at radius 2 is 2.00 bits per heavy atom. The van der Waals surface area contributed by atoms with Crippen LogP contribution in [-0.4, -0.2) is 32.6 Å². The van der Waals surface area contributed by atoms with Gasteiger partial charge in [-0.25, -0.2) is 9.97 Å². The normalized spacial score (nSPS) is 12.3. The van der Waals surface area contributed by atoms with Gasteiger partial charge in [0.15, 0.2) is 5.82 Å². The molecule has 0 saturated carbocycles. The predicted octanol–water partition coefficient (Wildman–Crippen LogP) is 3.11. The molecule has 2 aromatic heterocycles. The molecule has 0 fully saturated rings. The van der Waals surface area contributed by atoms with Crippen LogP contribution in [0.3, 0.4) is 0 Å². The number of benzene rings is 1. The number of aromatic nitrogens is 4. The minimum atomic E-state index is 0.342. The molecule has 3 aromatic rings. The molecule has 0 radical (unpaired) electrons. The van der Waals surface area contributed by atoms with Crippen molar-refractivity contribution in [3.63, 3.8) is 0 Å². The Morgan fingerprint density at radius 1 is 1.23 bits per heavy atom. The smallest absolute Gasteiger partial charge is 0.160 e. The van der Waals surface area contributed by atoms with Gasteiger partial charge in [0.2, 0.25) is 0 Å². The van der Waals surface area contributed by atoms with E-state index in [1.54, 1.807) is 6.33 Å². The summed E-state index contributed by atoms with van der Waals surface area (Å²) in [6, 6.07) is 10.8. The Balaban J connectivity index is 1.80. The van der Waals surface area contributed by atoms with Gasteiger partial charge in [0.1, 0.15) is 5.69 Å². The Morgan fingerprint density at radius 3 is 2.68 bits per heavy atom. The third-order valence-corrected chi connectivity index (χ3v) is 4.04. The summed E-state index contributed by atoms with van der Waals surface area (Å²) >= 11 is 0. The SMILES string of the molecule is Cc1[nH]cnc1-c1nccn1CC(C)N(C)c1ccccc1. The second kappa shape index (κ2) is 6.05. The molecule has 0 aliphatic heterocycles. The van der Waals surface area contributed by atoms with Gasteiger partial charge < -0.3 is 14.5 Å². The Labute approximate surface area is 130 Å². The van der Waals surface area contributed by atoms with Gasteiger partial charge >= 0.3 is 0 Å². The number of nitrogens with zero attached hydrogens (tertiary/aromatic N) is 4. The van der Waals surface area contributed by atoms with Crippen molar-refractivity contribution in [2.45, 2.75) is 26.4 Å². The number of anilines is 1. The van der Waals surface area contributed by atoms with Gasteiger partial charge in [-0.1, -0.05) is 18.2 Å². The van der Waals surface area contributed by atoms with E-state index in [4.69, 9.17) is 0 Å². The van der Waals surface area contributed by atoms with Crippen LogP contribution in [0.2, 0.25) is 0 Å².